The SMILES string of the molecule is CNC1=C(C=N)CCC=C1. The van der Waals surface area contributed by atoms with Gasteiger partial charge in [-0.1, -0.05) is 6.08 Å². The molecule has 0 aromatic heterocycles. The number of likely N-dealkylation sites (N-methyl/N-ethyl adjacent to an activating group) is 1. The van der Waals surface area contributed by atoms with Gasteiger partial charge in [-0.05, 0) is 24.5 Å². The molecule has 2 heteroatoms. The molecule has 0 aliphatic heterocycles. The molecule has 0 aromatic rings. The van der Waals surface area contributed by atoms with Crippen LogP contribution in [0.1, 0.15) is 12.8 Å². The van der Waals surface area contributed by atoms with Crippen LogP contribution in [0.2, 0.25) is 0 Å². The van der Waals surface area contributed by atoms with Gasteiger partial charge < -0.3 is 10.7 Å². The lowest BCUT2D eigenvalue weighted by Gasteiger charge is -2.10. The summed E-state index contributed by atoms with van der Waals surface area (Å²) in [5, 5.41) is 10.1. The van der Waals surface area contributed by atoms with Gasteiger partial charge in [0.2, 0.25) is 0 Å². The Balaban J connectivity index is 2.83. The second kappa shape index (κ2) is 3.20. The van der Waals surface area contributed by atoms with E-state index in [0.717, 1.165) is 24.1 Å². The van der Waals surface area contributed by atoms with Gasteiger partial charge in [-0.3, -0.25) is 0 Å². The normalized spacial score (nSPS) is 17.3. The fraction of sp³-hybridized carbons (Fsp3) is 0.375. The summed E-state index contributed by atoms with van der Waals surface area (Å²) in [6.07, 6.45) is 7.64. The molecule has 0 spiro atoms. The van der Waals surface area contributed by atoms with Gasteiger partial charge >= 0.3 is 0 Å². The fourth-order valence-electron chi connectivity index (χ4n) is 1.08. The van der Waals surface area contributed by atoms with Gasteiger partial charge in [0.1, 0.15) is 0 Å². The lowest BCUT2D eigenvalue weighted by atomic mass is 10.0. The summed E-state index contributed by atoms with van der Waals surface area (Å²) in [4.78, 5) is 0. The Hall–Kier alpha value is -1.05. The summed E-state index contributed by atoms with van der Waals surface area (Å²) in [7, 11) is 1.88. The van der Waals surface area contributed by atoms with Crippen molar-refractivity contribution in [3.8, 4) is 0 Å². The van der Waals surface area contributed by atoms with Gasteiger partial charge in [0.05, 0.1) is 0 Å². The summed E-state index contributed by atoms with van der Waals surface area (Å²) in [6.45, 7) is 0. The van der Waals surface area contributed by atoms with Crippen molar-refractivity contribution in [2.24, 2.45) is 0 Å². The van der Waals surface area contributed by atoms with Crippen molar-refractivity contribution < 1.29 is 0 Å². The van der Waals surface area contributed by atoms with Crippen LogP contribution in [0.5, 0.6) is 0 Å². The van der Waals surface area contributed by atoms with Crippen molar-refractivity contribution in [1.29, 1.82) is 5.41 Å². The minimum absolute atomic E-state index is 0.996. The summed E-state index contributed by atoms with van der Waals surface area (Å²) in [5.74, 6) is 0. The number of hydrogen-bond acceptors (Lipinski definition) is 2. The lowest BCUT2D eigenvalue weighted by molar-refractivity contribution is 0.918. The van der Waals surface area contributed by atoms with Crippen LogP contribution < -0.4 is 5.32 Å². The minimum atomic E-state index is 0.996. The predicted molar refractivity (Wildman–Crippen MR) is 43.2 cm³/mol. The second-order valence-electron chi connectivity index (χ2n) is 2.27. The molecular formula is C8H12N2. The van der Waals surface area contributed by atoms with Crippen molar-refractivity contribution in [2.75, 3.05) is 7.05 Å². The highest BCUT2D eigenvalue weighted by Crippen LogP contribution is 2.13. The molecule has 0 unspecified atom stereocenters. The predicted octanol–water partition coefficient (Wildman–Crippen LogP) is 1.46. The Kier molecular flexibility index (Phi) is 2.26. The summed E-state index contributed by atoms with van der Waals surface area (Å²) in [6, 6.07) is 0. The van der Waals surface area contributed by atoms with E-state index in [2.05, 4.69) is 11.4 Å². The van der Waals surface area contributed by atoms with Crippen LogP contribution in [0.4, 0.5) is 0 Å². The fourth-order valence-corrected chi connectivity index (χ4v) is 1.08. The molecule has 0 fully saturated rings. The Morgan fingerprint density at radius 2 is 2.50 bits per heavy atom. The number of rotatable bonds is 2. The number of hydrogen-bond donors (Lipinski definition) is 2. The molecule has 0 amide bonds. The van der Waals surface area contributed by atoms with Crippen LogP contribution in [0.15, 0.2) is 23.4 Å². The standard InChI is InChI=1S/C8H12N2/c1-10-8-5-3-2-4-7(8)6-9/h3,5-6,9-10H,2,4H2,1H3. The summed E-state index contributed by atoms with van der Waals surface area (Å²) in [5.41, 5.74) is 2.19. The van der Waals surface area contributed by atoms with E-state index in [-0.39, 0.29) is 0 Å². The Morgan fingerprint density at radius 3 is 3.00 bits per heavy atom. The van der Waals surface area contributed by atoms with Crippen molar-refractivity contribution in [2.45, 2.75) is 12.8 Å². The molecular weight excluding hydrogens is 124 g/mol. The largest absolute Gasteiger partial charge is 0.388 e. The van der Waals surface area contributed by atoms with E-state index in [1.165, 1.54) is 6.21 Å². The topological polar surface area (TPSA) is 35.9 Å². The summed E-state index contributed by atoms with van der Waals surface area (Å²) < 4.78 is 0. The molecule has 2 nitrogen and oxygen atoms in total. The second-order valence-corrected chi connectivity index (χ2v) is 2.27. The molecule has 0 aromatic carbocycles. The Bertz CT molecular complexity index is 189. The van der Waals surface area contributed by atoms with E-state index < -0.39 is 0 Å². The molecule has 1 rings (SSSR count). The van der Waals surface area contributed by atoms with Crippen molar-refractivity contribution in [3.05, 3.63) is 23.4 Å². The maximum absolute atomic E-state index is 7.07. The van der Waals surface area contributed by atoms with E-state index in [9.17, 15) is 0 Å². The highest BCUT2D eigenvalue weighted by molar-refractivity contribution is 5.78. The molecule has 2 N–H and O–H groups in total. The first-order valence-corrected chi connectivity index (χ1v) is 3.46. The third kappa shape index (κ3) is 1.26. The molecule has 0 saturated carbocycles. The third-order valence-corrected chi connectivity index (χ3v) is 1.65. The van der Waals surface area contributed by atoms with Crippen LogP contribution >= 0.6 is 0 Å². The maximum Gasteiger partial charge on any atom is 0.0382 e. The zero-order chi connectivity index (χ0) is 7.40. The molecule has 0 atom stereocenters. The average Bonchev–Trinajstić information content (AvgIpc) is 2.04. The van der Waals surface area contributed by atoms with Gasteiger partial charge in [0.15, 0.2) is 0 Å². The molecule has 0 heterocycles. The van der Waals surface area contributed by atoms with Gasteiger partial charge in [0, 0.05) is 19.0 Å². The first kappa shape index (κ1) is 7.06. The lowest BCUT2D eigenvalue weighted by Crippen LogP contribution is -2.09. The van der Waals surface area contributed by atoms with Crippen LogP contribution in [0.3, 0.4) is 0 Å². The van der Waals surface area contributed by atoms with Crippen LogP contribution in [0, 0.1) is 5.41 Å². The summed E-state index contributed by atoms with van der Waals surface area (Å²) >= 11 is 0. The van der Waals surface area contributed by atoms with Crippen molar-refractivity contribution in [3.63, 3.8) is 0 Å². The molecule has 54 valence electrons. The van der Waals surface area contributed by atoms with Gasteiger partial charge in [-0.25, -0.2) is 0 Å². The van der Waals surface area contributed by atoms with Gasteiger partial charge in [-0.15, -0.1) is 0 Å². The number of allylic oxidation sites excluding steroid dienone is 3. The smallest absolute Gasteiger partial charge is 0.0382 e. The van der Waals surface area contributed by atoms with E-state index >= 15 is 0 Å². The zero-order valence-electron chi connectivity index (χ0n) is 6.15. The van der Waals surface area contributed by atoms with Gasteiger partial charge in [0.25, 0.3) is 0 Å². The minimum Gasteiger partial charge on any atom is -0.388 e. The quantitative estimate of drug-likeness (QED) is 0.554. The highest BCUT2D eigenvalue weighted by atomic mass is 14.8. The Morgan fingerprint density at radius 1 is 1.70 bits per heavy atom. The monoisotopic (exact) mass is 136 g/mol. The maximum atomic E-state index is 7.07. The van der Waals surface area contributed by atoms with Crippen LogP contribution in [-0.4, -0.2) is 13.3 Å². The molecule has 1 aliphatic carbocycles. The van der Waals surface area contributed by atoms with Crippen molar-refractivity contribution >= 4 is 6.21 Å². The first-order chi connectivity index (χ1) is 4.88. The molecule has 0 saturated heterocycles. The van der Waals surface area contributed by atoms with E-state index in [4.69, 9.17) is 5.41 Å². The zero-order valence-corrected chi connectivity index (χ0v) is 6.15. The van der Waals surface area contributed by atoms with Crippen LogP contribution in [0.25, 0.3) is 0 Å². The Labute approximate surface area is 61.1 Å². The molecule has 1 aliphatic rings. The molecule has 0 bridgehead atoms. The van der Waals surface area contributed by atoms with Crippen LogP contribution in [-0.2, 0) is 0 Å². The van der Waals surface area contributed by atoms with E-state index in [1.54, 1.807) is 0 Å². The van der Waals surface area contributed by atoms with E-state index in [0.29, 0.717) is 0 Å². The molecule has 10 heavy (non-hydrogen) atoms. The van der Waals surface area contributed by atoms with Gasteiger partial charge in [-0.2, -0.15) is 0 Å². The molecule has 0 radical (unpaired) electrons. The first-order valence-electron chi connectivity index (χ1n) is 3.46. The average molecular weight is 136 g/mol. The van der Waals surface area contributed by atoms with Crippen molar-refractivity contribution in [1.82, 2.24) is 5.32 Å². The van der Waals surface area contributed by atoms with E-state index in [1.807, 2.05) is 13.1 Å². The third-order valence-electron chi connectivity index (χ3n) is 1.65. The highest BCUT2D eigenvalue weighted by Gasteiger charge is 2.02. The number of nitrogens with one attached hydrogen (secondary N) is 2.